The molecule has 0 saturated heterocycles. The SMILES string of the molecule is Cc1cccc(-c2cnc(Nc3cccc(C(=O)Nc4ccc5c(c4)OCCO5)c3)nc2)c1. The molecule has 33 heavy (non-hydrogen) atoms. The molecule has 5 rings (SSSR count). The molecule has 0 saturated carbocycles. The molecule has 0 spiro atoms. The average Bonchev–Trinajstić information content (AvgIpc) is 2.84. The minimum absolute atomic E-state index is 0.231. The van der Waals surface area contributed by atoms with E-state index in [9.17, 15) is 4.79 Å². The molecular formula is C26H22N4O3. The first-order valence-electron chi connectivity index (χ1n) is 10.6. The number of amides is 1. The first kappa shape index (κ1) is 20.5. The Bertz CT molecular complexity index is 1310. The summed E-state index contributed by atoms with van der Waals surface area (Å²) in [4.78, 5) is 21.6. The fourth-order valence-electron chi connectivity index (χ4n) is 3.56. The summed E-state index contributed by atoms with van der Waals surface area (Å²) in [6, 6.07) is 20.7. The second-order valence-electron chi connectivity index (χ2n) is 7.68. The van der Waals surface area contributed by atoms with Crippen LogP contribution in [0.4, 0.5) is 17.3 Å². The maximum Gasteiger partial charge on any atom is 0.255 e. The van der Waals surface area contributed by atoms with Crippen molar-refractivity contribution in [3.8, 4) is 22.6 Å². The van der Waals surface area contributed by atoms with E-state index in [1.807, 2.05) is 24.3 Å². The van der Waals surface area contributed by atoms with Gasteiger partial charge in [0, 0.05) is 41.0 Å². The Morgan fingerprint density at radius 3 is 2.42 bits per heavy atom. The van der Waals surface area contributed by atoms with Gasteiger partial charge in [0.15, 0.2) is 11.5 Å². The number of carbonyl (C=O) groups is 1. The van der Waals surface area contributed by atoms with Gasteiger partial charge >= 0.3 is 0 Å². The highest BCUT2D eigenvalue weighted by Gasteiger charge is 2.14. The van der Waals surface area contributed by atoms with Crippen LogP contribution in [-0.2, 0) is 0 Å². The van der Waals surface area contributed by atoms with Crippen molar-refractivity contribution in [2.75, 3.05) is 23.8 Å². The molecule has 4 aromatic rings. The Kier molecular flexibility index (Phi) is 5.59. The lowest BCUT2D eigenvalue weighted by Gasteiger charge is -2.19. The zero-order valence-electron chi connectivity index (χ0n) is 18.0. The third-order valence-electron chi connectivity index (χ3n) is 5.18. The zero-order chi connectivity index (χ0) is 22.6. The minimum Gasteiger partial charge on any atom is -0.486 e. The van der Waals surface area contributed by atoms with Crippen molar-refractivity contribution in [3.05, 3.63) is 90.3 Å². The lowest BCUT2D eigenvalue weighted by atomic mass is 10.1. The van der Waals surface area contributed by atoms with Crippen LogP contribution in [0.5, 0.6) is 11.5 Å². The van der Waals surface area contributed by atoms with Crippen LogP contribution in [0.3, 0.4) is 0 Å². The summed E-state index contributed by atoms with van der Waals surface area (Å²) in [5.41, 5.74) is 5.05. The second-order valence-corrected chi connectivity index (χ2v) is 7.68. The van der Waals surface area contributed by atoms with E-state index in [0.29, 0.717) is 47.6 Å². The van der Waals surface area contributed by atoms with Gasteiger partial charge in [0.05, 0.1) is 0 Å². The number of benzene rings is 3. The molecule has 0 unspecified atom stereocenters. The van der Waals surface area contributed by atoms with Crippen LogP contribution >= 0.6 is 0 Å². The summed E-state index contributed by atoms with van der Waals surface area (Å²) in [5, 5.41) is 6.05. The molecule has 164 valence electrons. The van der Waals surface area contributed by atoms with Crippen molar-refractivity contribution in [1.29, 1.82) is 0 Å². The minimum atomic E-state index is -0.231. The fourth-order valence-corrected chi connectivity index (χ4v) is 3.56. The lowest BCUT2D eigenvalue weighted by molar-refractivity contribution is 0.102. The molecule has 0 fully saturated rings. The molecule has 1 amide bonds. The van der Waals surface area contributed by atoms with Gasteiger partial charge < -0.3 is 20.1 Å². The summed E-state index contributed by atoms with van der Waals surface area (Å²) < 4.78 is 11.1. The quantitative estimate of drug-likeness (QED) is 0.444. The molecule has 3 aromatic carbocycles. The number of fused-ring (bicyclic) bond motifs is 1. The first-order chi connectivity index (χ1) is 16.1. The molecule has 0 radical (unpaired) electrons. The molecule has 1 aromatic heterocycles. The monoisotopic (exact) mass is 438 g/mol. The van der Waals surface area contributed by atoms with Gasteiger partial charge in [-0.3, -0.25) is 4.79 Å². The molecule has 1 aliphatic heterocycles. The summed E-state index contributed by atoms with van der Waals surface area (Å²) in [5.74, 6) is 1.53. The molecular weight excluding hydrogens is 416 g/mol. The van der Waals surface area contributed by atoms with Crippen molar-refractivity contribution >= 4 is 23.2 Å². The fraction of sp³-hybridized carbons (Fsp3) is 0.115. The van der Waals surface area contributed by atoms with E-state index in [-0.39, 0.29) is 5.91 Å². The van der Waals surface area contributed by atoms with E-state index >= 15 is 0 Å². The van der Waals surface area contributed by atoms with E-state index in [4.69, 9.17) is 9.47 Å². The summed E-state index contributed by atoms with van der Waals surface area (Å²) >= 11 is 0. The van der Waals surface area contributed by atoms with Gasteiger partial charge in [-0.2, -0.15) is 0 Å². The second kappa shape index (κ2) is 9.00. The van der Waals surface area contributed by atoms with Gasteiger partial charge in [-0.15, -0.1) is 0 Å². The Labute approximate surface area is 191 Å². The number of ether oxygens (including phenoxy) is 2. The molecule has 0 aliphatic carbocycles. The Morgan fingerprint density at radius 2 is 1.61 bits per heavy atom. The molecule has 2 N–H and O–H groups in total. The molecule has 0 bridgehead atoms. The standard InChI is InChI=1S/C26H22N4O3/c1-17-4-2-5-18(12-17)20-15-27-26(28-16-20)30-21-7-3-6-19(13-21)25(31)29-22-8-9-23-24(14-22)33-11-10-32-23/h2-9,12-16H,10-11H2,1H3,(H,29,31)(H,27,28,30). The van der Waals surface area contributed by atoms with Crippen LogP contribution in [-0.4, -0.2) is 29.1 Å². The molecule has 2 heterocycles. The maximum atomic E-state index is 12.8. The Hall–Kier alpha value is -4.39. The molecule has 7 nitrogen and oxygen atoms in total. The average molecular weight is 438 g/mol. The number of aryl methyl sites for hydroxylation is 1. The van der Waals surface area contributed by atoms with Gasteiger partial charge in [0.1, 0.15) is 13.2 Å². The van der Waals surface area contributed by atoms with Crippen LogP contribution in [0.2, 0.25) is 0 Å². The number of aromatic nitrogens is 2. The number of rotatable bonds is 5. The smallest absolute Gasteiger partial charge is 0.255 e. The van der Waals surface area contributed by atoms with Crippen LogP contribution in [0.15, 0.2) is 79.1 Å². The van der Waals surface area contributed by atoms with Crippen LogP contribution in [0.25, 0.3) is 11.1 Å². The van der Waals surface area contributed by atoms with Gasteiger partial charge in [0.25, 0.3) is 5.91 Å². The van der Waals surface area contributed by atoms with Crippen LogP contribution in [0, 0.1) is 6.92 Å². The van der Waals surface area contributed by atoms with E-state index in [1.54, 1.807) is 42.7 Å². The number of nitrogens with zero attached hydrogens (tertiary/aromatic N) is 2. The number of carbonyl (C=O) groups excluding carboxylic acids is 1. The predicted molar refractivity (Wildman–Crippen MR) is 127 cm³/mol. The normalized spacial score (nSPS) is 12.2. The van der Waals surface area contributed by atoms with Crippen molar-refractivity contribution in [1.82, 2.24) is 9.97 Å². The van der Waals surface area contributed by atoms with Gasteiger partial charge in [-0.25, -0.2) is 9.97 Å². The van der Waals surface area contributed by atoms with Crippen molar-refractivity contribution in [2.24, 2.45) is 0 Å². The zero-order valence-corrected chi connectivity index (χ0v) is 18.0. The van der Waals surface area contributed by atoms with E-state index in [1.165, 1.54) is 5.56 Å². The van der Waals surface area contributed by atoms with E-state index < -0.39 is 0 Å². The van der Waals surface area contributed by atoms with Crippen LogP contribution < -0.4 is 20.1 Å². The van der Waals surface area contributed by atoms with Gasteiger partial charge in [-0.05, 0) is 42.8 Å². The summed E-state index contributed by atoms with van der Waals surface area (Å²) in [6.07, 6.45) is 3.56. The Balaban J connectivity index is 1.27. The van der Waals surface area contributed by atoms with Gasteiger partial charge in [0.2, 0.25) is 5.95 Å². The highest BCUT2D eigenvalue weighted by atomic mass is 16.6. The van der Waals surface area contributed by atoms with E-state index in [0.717, 1.165) is 11.1 Å². The third kappa shape index (κ3) is 4.77. The van der Waals surface area contributed by atoms with Crippen molar-refractivity contribution < 1.29 is 14.3 Å². The highest BCUT2D eigenvalue weighted by Crippen LogP contribution is 2.32. The van der Waals surface area contributed by atoms with Crippen molar-refractivity contribution in [2.45, 2.75) is 6.92 Å². The summed E-state index contributed by atoms with van der Waals surface area (Å²) in [7, 11) is 0. The topological polar surface area (TPSA) is 85.4 Å². The molecule has 1 aliphatic rings. The predicted octanol–water partition coefficient (Wildman–Crippen LogP) is 5.22. The van der Waals surface area contributed by atoms with Gasteiger partial charge in [-0.1, -0.05) is 35.9 Å². The third-order valence-corrected chi connectivity index (χ3v) is 5.18. The Morgan fingerprint density at radius 1 is 0.818 bits per heavy atom. The van der Waals surface area contributed by atoms with Crippen molar-refractivity contribution in [3.63, 3.8) is 0 Å². The molecule has 0 atom stereocenters. The lowest BCUT2D eigenvalue weighted by Crippen LogP contribution is -2.16. The first-order valence-corrected chi connectivity index (χ1v) is 10.6. The number of hydrogen-bond donors (Lipinski definition) is 2. The largest absolute Gasteiger partial charge is 0.486 e. The number of nitrogens with one attached hydrogen (secondary N) is 2. The summed E-state index contributed by atoms with van der Waals surface area (Å²) in [6.45, 7) is 3.07. The van der Waals surface area contributed by atoms with E-state index in [2.05, 4.69) is 39.7 Å². The number of anilines is 3. The highest BCUT2D eigenvalue weighted by molar-refractivity contribution is 6.05. The molecule has 7 heteroatoms. The maximum absolute atomic E-state index is 12.8. The number of hydrogen-bond acceptors (Lipinski definition) is 6. The van der Waals surface area contributed by atoms with Crippen LogP contribution in [0.1, 0.15) is 15.9 Å².